The number of hydrogen-bond acceptors (Lipinski definition) is 4. The molecule has 1 aromatic carbocycles. The lowest BCUT2D eigenvalue weighted by Crippen LogP contribution is -2.49. The van der Waals surface area contributed by atoms with Crippen LogP contribution in [0.4, 0.5) is 10.1 Å². The first-order chi connectivity index (χ1) is 15.1. The number of nitrogens with zero attached hydrogens (tertiary/aromatic N) is 1. The van der Waals surface area contributed by atoms with Crippen LogP contribution in [0.2, 0.25) is 0 Å². The monoisotopic (exact) mass is 427 g/mol. The molecule has 166 valence electrons. The van der Waals surface area contributed by atoms with Crippen molar-refractivity contribution in [3.05, 3.63) is 53.7 Å². The molecule has 1 aliphatic heterocycles. The summed E-state index contributed by atoms with van der Waals surface area (Å²) in [6, 6.07) is 7.53. The number of amides is 2. The molecule has 7 heteroatoms. The van der Waals surface area contributed by atoms with Crippen LogP contribution in [0.25, 0.3) is 0 Å². The molecule has 1 atom stereocenters. The number of benzene rings is 1. The van der Waals surface area contributed by atoms with Gasteiger partial charge in [0, 0.05) is 25.3 Å². The first-order valence-electron chi connectivity index (χ1n) is 11.3. The Balaban J connectivity index is 1.33. The molecule has 1 saturated carbocycles. The molecule has 1 aromatic heterocycles. The second kappa shape index (κ2) is 9.98. The SMILES string of the molecule is O=C(N[C@@H](CC1CCCCC1)C(=O)NCCN1CCc2cc(F)ccc21)c1ccco1. The lowest BCUT2D eigenvalue weighted by Gasteiger charge is -2.27. The fraction of sp³-hybridized carbons (Fsp3) is 0.500. The smallest absolute Gasteiger partial charge is 0.287 e. The molecule has 1 aliphatic carbocycles. The van der Waals surface area contributed by atoms with Gasteiger partial charge in [0.05, 0.1) is 6.26 Å². The van der Waals surface area contributed by atoms with Crippen LogP contribution in [0.15, 0.2) is 41.0 Å². The van der Waals surface area contributed by atoms with Crippen molar-refractivity contribution < 1.29 is 18.4 Å². The maximum atomic E-state index is 13.4. The topological polar surface area (TPSA) is 74.6 Å². The summed E-state index contributed by atoms with van der Waals surface area (Å²) in [4.78, 5) is 27.6. The molecule has 6 nitrogen and oxygen atoms in total. The summed E-state index contributed by atoms with van der Waals surface area (Å²) in [5.74, 6) is -0.0867. The van der Waals surface area contributed by atoms with Gasteiger partial charge in [-0.15, -0.1) is 0 Å². The summed E-state index contributed by atoms with van der Waals surface area (Å²) in [6.45, 7) is 1.93. The second-order valence-electron chi connectivity index (χ2n) is 8.54. The van der Waals surface area contributed by atoms with E-state index in [-0.39, 0.29) is 23.4 Å². The van der Waals surface area contributed by atoms with Crippen LogP contribution in [0.1, 0.15) is 54.6 Å². The minimum atomic E-state index is -0.583. The van der Waals surface area contributed by atoms with E-state index in [9.17, 15) is 14.0 Å². The quantitative estimate of drug-likeness (QED) is 0.674. The van der Waals surface area contributed by atoms with E-state index >= 15 is 0 Å². The molecule has 0 unspecified atom stereocenters. The Morgan fingerprint density at radius 1 is 1.19 bits per heavy atom. The van der Waals surface area contributed by atoms with E-state index in [1.165, 1.54) is 31.6 Å². The third-order valence-electron chi connectivity index (χ3n) is 6.37. The Morgan fingerprint density at radius 2 is 2.03 bits per heavy atom. The molecule has 2 N–H and O–H groups in total. The van der Waals surface area contributed by atoms with Gasteiger partial charge in [-0.05, 0) is 54.7 Å². The molecule has 4 rings (SSSR count). The highest BCUT2D eigenvalue weighted by atomic mass is 19.1. The molecule has 0 spiro atoms. The predicted molar refractivity (Wildman–Crippen MR) is 116 cm³/mol. The number of nitrogens with one attached hydrogen (secondary N) is 2. The highest BCUT2D eigenvalue weighted by molar-refractivity contribution is 5.95. The number of rotatable bonds is 8. The maximum Gasteiger partial charge on any atom is 0.287 e. The molecule has 2 heterocycles. The number of anilines is 1. The van der Waals surface area contributed by atoms with Gasteiger partial charge in [-0.3, -0.25) is 9.59 Å². The predicted octanol–water partition coefficient (Wildman–Crippen LogP) is 3.67. The van der Waals surface area contributed by atoms with E-state index < -0.39 is 6.04 Å². The van der Waals surface area contributed by atoms with Gasteiger partial charge in [0.25, 0.3) is 5.91 Å². The number of halogens is 1. The van der Waals surface area contributed by atoms with Gasteiger partial charge >= 0.3 is 0 Å². The molecular formula is C24H30FN3O3. The van der Waals surface area contributed by atoms with Crippen molar-refractivity contribution in [1.82, 2.24) is 10.6 Å². The highest BCUT2D eigenvalue weighted by Gasteiger charge is 2.27. The van der Waals surface area contributed by atoms with Crippen LogP contribution in [0, 0.1) is 11.7 Å². The van der Waals surface area contributed by atoms with Crippen molar-refractivity contribution in [3.8, 4) is 0 Å². The van der Waals surface area contributed by atoms with Gasteiger partial charge in [-0.2, -0.15) is 0 Å². The van der Waals surface area contributed by atoms with E-state index in [1.54, 1.807) is 24.3 Å². The van der Waals surface area contributed by atoms with Crippen LogP contribution in [0.3, 0.4) is 0 Å². The van der Waals surface area contributed by atoms with Gasteiger partial charge in [0.2, 0.25) is 5.91 Å². The third kappa shape index (κ3) is 5.46. The second-order valence-corrected chi connectivity index (χ2v) is 8.54. The average Bonchev–Trinajstić information content (AvgIpc) is 3.44. The van der Waals surface area contributed by atoms with Gasteiger partial charge in [0.1, 0.15) is 11.9 Å². The fourth-order valence-electron chi connectivity index (χ4n) is 4.73. The Hall–Kier alpha value is -2.83. The van der Waals surface area contributed by atoms with Crippen LogP contribution in [-0.2, 0) is 11.2 Å². The standard InChI is InChI=1S/C24H30FN3O3/c25-19-8-9-21-18(16-19)10-12-28(21)13-11-26-23(29)20(15-17-5-2-1-3-6-17)27-24(30)22-7-4-14-31-22/h4,7-9,14,16-17,20H,1-3,5-6,10-13,15H2,(H,26,29)(H,27,30)/t20-/m0/s1. The first kappa shape index (κ1) is 21.4. The Bertz CT molecular complexity index is 893. The van der Waals surface area contributed by atoms with Crippen LogP contribution in [0.5, 0.6) is 0 Å². The Labute approximate surface area is 182 Å². The normalized spacial score (nSPS) is 17.3. The summed E-state index contributed by atoms with van der Waals surface area (Å²) in [5, 5.41) is 5.86. The van der Waals surface area contributed by atoms with Crippen LogP contribution in [-0.4, -0.2) is 37.5 Å². The van der Waals surface area contributed by atoms with Gasteiger partial charge in [-0.1, -0.05) is 32.1 Å². The average molecular weight is 428 g/mol. The number of fused-ring (bicyclic) bond motifs is 1. The lowest BCUT2D eigenvalue weighted by molar-refractivity contribution is -0.123. The number of furan rings is 1. The maximum absolute atomic E-state index is 13.4. The van der Waals surface area contributed by atoms with Crippen molar-refractivity contribution in [2.45, 2.75) is 51.0 Å². The van der Waals surface area contributed by atoms with Crippen molar-refractivity contribution in [2.75, 3.05) is 24.5 Å². The zero-order chi connectivity index (χ0) is 21.6. The molecule has 1 fully saturated rings. The van der Waals surface area contributed by atoms with E-state index in [0.29, 0.717) is 25.4 Å². The van der Waals surface area contributed by atoms with E-state index in [0.717, 1.165) is 37.1 Å². The van der Waals surface area contributed by atoms with Gasteiger partial charge in [0.15, 0.2) is 5.76 Å². The molecule has 0 saturated heterocycles. The number of hydrogen-bond donors (Lipinski definition) is 2. The summed E-state index contributed by atoms with van der Waals surface area (Å²) < 4.78 is 18.6. The molecule has 31 heavy (non-hydrogen) atoms. The van der Waals surface area contributed by atoms with Crippen molar-refractivity contribution >= 4 is 17.5 Å². The molecule has 0 radical (unpaired) electrons. The number of carbonyl (C=O) groups is 2. The van der Waals surface area contributed by atoms with Crippen molar-refractivity contribution in [2.24, 2.45) is 5.92 Å². The number of carbonyl (C=O) groups excluding carboxylic acids is 2. The van der Waals surface area contributed by atoms with Crippen LogP contribution >= 0.6 is 0 Å². The van der Waals surface area contributed by atoms with Crippen molar-refractivity contribution in [1.29, 1.82) is 0 Å². The summed E-state index contributed by atoms with van der Waals surface area (Å²) in [6.07, 6.45) is 8.70. The molecule has 2 aromatic rings. The van der Waals surface area contributed by atoms with E-state index in [2.05, 4.69) is 15.5 Å². The first-order valence-corrected chi connectivity index (χ1v) is 11.3. The Kier molecular flexibility index (Phi) is 6.89. The molecular weight excluding hydrogens is 397 g/mol. The van der Waals surface area contributed by atoms with E-state index in [4.69, 9.17) is 4.42 Å². The zero-order valence-electron chi connectivity index (χ0n) is 17.7. The summed E-state index contributed by atoms with van der Waals surface area (Å²) in [7, 11) is 0. The summed E-state index contributed by atoms with van der Waals surface area (Å²) >= 11 is 0. The lowest BCUT2D eigenvalue weighted by atomic mass is 9.84. The molecule has 2 amide bonds. The zero-order valence-corrected chi connectivity index (χ0v) is 17.7. The van der Waals surface area contributed by atoms with Gasteiger partial charge < -0.3 is 20.0 Å². The van der Waals surface area contributed by atoms with Crippen LogP contribution < -0.4 is 15.5 Å². The molecule has 0 bridgehead atoms. The highest BCUT2D eigenvalue weighted by Crippen LogP contribution is 2.29. The third-order valence-corrected chi connectivity index (χ3v) is 6.37. The van der Waals surface area contributed by atoms with Gasteiger partial charge in [-0.25, -0.2) is 4.39 Å². The Morgan fingerprint density at radius 3 is 2.81 bits per heavy atom. The fourth-order valence-corrected chi connectivity index (χ4v) is 4.73. The minimum Gasteiger partial charge on any atom is -0.459 e. The van der Waals surface area contributed by atoms with Crippen molar-refractivity contribution in [3.63, 3.8) is 0 Å². The molecule has 2 aliphatic rings. The van der Waals surface area contributed by atoms with E-state index in [1.807, 2.05) is 0 Å². The largest absolute Gasteiger partial charge is 0.459 e. The minimum absolute atomic E-state index is 0.163. The summed E-state index contributed by atoms with van der Waals surface area (Å²) in [5.41, 5.74) is 2.03.